The summed E-state index contributed by atoms with van der Waals surface area (Å²) in [5.41, 5.74) is 5.72. The lowest BCUT2D eigenvalue weighted by molar-refractivity contribution is -0.121. The van der Waals surface area contributed by atoms with Gasteiger partial charge in [-0.3, -0.25) is 10.1 Å². The number of carbonyl (C=O) groups is 2. The van der Waals surface area contributed by atoms with E-state index in [4.69, 9.17) is 15.2 Å². The molecule has 7 heteroatoms. The van der Waals surface area contributed by atoms with Crippen LogP contribution in [-0.2, 0) is 11.3 Å². The van der Waals surface area contributed by atoms with E-state index in [1.54, 1.807) is 6.07 Å². The number of amides is 3. The zero-order valence-corrected chi connectivity index (χ0v) is 12.4. The van der Waals surface area contributed by atoms with E-state index in [-0.39, 0.29) is 6.61 Å². The maximum atomic E-state index is 11.4. The molecule has 116 valence electrons. The standard InChI is InChI=1S/C14H21N3O4/c1-9(2)16-7-10-5-4-6-11(20-3)13(10)21-8-12(18)17-14(15)19/h4-6,9,16H,7-8H2,1-3H3,(H3,15,17,18,19). The van der Waals surface area contributed by atoms with Crippen molar-refractivity contribution in [3.05, 3.63) is 23.8 Å². The molecular weight excluding hydrogens is 274 g/mol. The fraction of sp³-hybridized carbons (Fsp3) is 0.429. The van der Waals surface area contributed by atoms with Crippen molar-refractivity contribution in [2.45, 2.75) is 26.4 Å². The Balaban J connectivity index is 2.81. The van der Waals surface area contributed by atoms with Crippen LogP contribution >= 0.6 is 0 Å². The van der Waals surface area contributed by atoms with E-state index in [0.29, 0.717) is 24.1 Å². The number of nitrogens with two attached hydrogens (primary N) is 1. The van der Waals surface area contributed by atoms with Gasteiger partial charge in [0.2, 0.25) is 0 Å². The highest BCUT2D eigenvalue weighted by atomic mass is 16.5. The van der Waals surface area contributed by atoms with Crippen molar-refractivity contribution in [1.29, 1.82) is 0 Å². The van der Waals surface area contributed by atoms with Gasteiger partial charge in [0.05, 0.1) is 7.11 Å². The molecule has 0 saturated carbocycles. The molecule has 0 fully saturated rings. The molecule has 4 N–H and O–H groups in total. The lowest BCUT2D eigenvalue weighted by Crippen LogP contribution is -2.38. The van der Waals surface area contributed by atoms with E-state index in [2.05, 4.69) is 5.32 Å². The van der Waals surface area contributed by atoms with Crippen LogP contribution in [0.2, 0.25) is 0 Å². The Morgan fingerprint density at radius 1 is 1.33 bits per heavy atom. The molecule has 0 aromatic heterocycles. The highest BCUT2D eigenvalue weighted by Gasteiger charge is 2.13. The molecule has 0 unspecified atom stereocenters. The van der Waals surface area contributed by atoms with Gasteiger partial charge >= 0.3 is 6.03 Å². The second kappa shape index (κ2) is 8.11. The first-order valence-corrected chi connectivity index (χ1v) is 6.55. The number of primary amides is 1. The second-order valence-corrected chi connectivity index (χ2v) is 4.69. The van der Waals surface area contributed by atoms with Crippen molar-refractivity contribution in [1.82, 2.24) is 10.6 Å². The van der Waals surface area contributed by atoms with Gasteiger partial charge in [0.15, 0.2) is 18.1 Å². The molecule has 1 rings (SSSR count). The zero-order valence-electron chi connectivity index (χ0n) is 12.4. The summed E-state index contributed by atoms with van der Waals surface area (Å²) in [6.45, 7) is 4.31. The van der Waals surface area contributed by atoms with E-state index in [9.17, 15) is 9.59 Å². The number of urea groups is 1. The lowest BCUT2D eigenvalue weighted by Gasteiger charge is -2.16. The summed E-state index contributed by atoms with van der Waals surface area (Å²) in [6.07, 6.45) is 0. The van der Waals surface area contributed by atoms with Gasteiger partial charge in [-0.1, -0.05) is 26.0 Å². The first kappa shape index (κ1) is 16.8. The van der Waals surface area contributed by atoms with Crippen LogP contribution in [0.15, 0.2) is 18.2 Å². The van der Waals surface area contributed by atoms with Gasteiger partial charge < -0.3 is 20.5 Å². The smallest absolute Gasteiger partial charge is 0.318 e. The fourth-order valence-electron chi connectivity index (χ4n) is 1.65. The molecule has 0 aliphatic rings. The van der Waals surface area contributed by atoms with Crippen molar-refractivity contribution < 1.29 is 19.1 Å². The van der Waals surface area contributed by atoms with Gasteiger partial charge in [0.1, 0.15) is 0 Å². The third-order valence-electron chi connectivity index (χ3n) is 2.59. The minimum absolute atomic E-state index is 0.308. The van der Waals surface area contributed by atoms with Crippen molar-refractivity contribution in [3.8, 4) is 11.5 Å². The van der Waals surface area contributed by atoms with Crippen molar-refractivity contribution in [3.63, 3.8) is 0 Å². The van der Waals surface area contributed by atoms with E-state index in [1.165, 1.54) is 7.11 Å². The number of carbonyl (C=O) groups excluding carboxylic acids is 2. The largest absolute Gasteiger partial charge is 0.493 e. The molecule has 1 aromatic rings. The summed E-state index contributed by atoms with van der Waals surface area (Å²) in [7, 11) is 1.52. The molecular formula is C14H21N3O4. The molecule has 0 aliphatic carbocycles. The van der Waals surface area contributed by atoms with Crippen molar-refractivity contribution in [2.75, 3.05) is 13.7 Å². The van der Waals surface area contributed by atoms with Crippen LogP contribution in [0.4, 0.5) is 4.79 Å². The third kappa shape index (κ3) is 5.70. The molecule has 0 atom stereocenters. The average Bonchev–Trinajstić information content (AvgIpc) is 2.42. The van der Waals surface area contributed by atoms with Gasteiger partial charge in [0.25, 0.3) is 5.91 Å². The summed E-state index contributed by atoms with van der Waals surface area (Å²) in [4.78, 5) is 22.0. The quantitative estimate of drug-likeness (QED) is 0.689. The average molecular weight is 295 g/mol. The predicted molar refractivity (Wildman–Crippen MR) is 78.2 cm³/mol. The number of para-hydroxylation sites is 1. The van der Waals surface area contributed by atoms with Crippen molar-refractivity contribution >= 4 is 11.9 Å². The number of methoxy groups -OCH3 is 1. The Hall–Kier alpha value is -2.28. The molecule has 0 radical (unpaired) electrons. The molecule has 0 saturated heterocycles. The molecule has 1 aromatic carbocycles. The van der Waals surface area contributed by atoms with E-state index in [1.807, 2.05) is 31.3 Å². The van der Waals surface area contributed by atoms with Crippen molar-refractivity contribution in [2.24, 2.45) is 5.73 Å². The van der Waals surface area contributed by atoms with Gasteiger partial charge in [-0.2, -0.15) is 0 Å². The molecule has 0 aliphatic heterocycles. The highest BCUT2D eigenvalue weighted by Crippen LogP contribution is 2.31. The SMILES string of the molecule is COc1cccc(CNC(C)C)c1OCC(=O)NC(N)=O. The first-order chi connectivity index (χ1) is 9.93. The minimum atomic E-state index is -0.912. The lowest BCUT2D eigenvalue weighted by atomic mass is 10.1. The van der Waals surface area contributed by atoms with E-state index >= 15 is 0 Å². The number of ether oxygens (including phenoxy) is 2. The number of hydrogen-bond donors (Lipinski definition) is 3. The van der Waals surface area contributed by atoms with Gasteiger partial charge in [0, 0.05) is 18.2 Å². The Morgan fingerprint density at radius 3 is 2.62 bits per heavy atom. The molecule has 0 bridgehead atoms. The van der Waals surface area contributed by atoms with Crippen LogP contribution in [-0.4, -0.2) is 31.7 Å². The van der Waals surface area contributed by atoms with Crippen LogP contribution in [0.5, 0.6) is 11.5 Å². The number of rotatable bonds is 7. The van der Waals surface area contributed by atoms with Crippen LogP contribution in [0, 0.1) is 0 Å². The molecule has 21 heavy (non-hydrogen) atoms. The summed E-state index contributed by atoms with van der Waals surface area (Å²) in [5.74, 6) is 0.369. The maximum absolute atomic E-state index is 11.4. The van der Waals surface area contributed by atoms with Crippen LogP contribution in [0.3, 0.4) is 0 Å². The van der Waals surface area contributed by atoms with Gasteiger partial charge in [-0.05, 0) is 6.07 Å². The monoisotopic (exact) mass is 295 g/mol. The van der Waals surface area contributed by atoms with Gasteiger partial charge in [-0.25, -0.2) is 4.79 Å². The molecule has 0 spiro atoms. The Labute approximate surface area is 123 Å². The van der Waals surface area contributed by atoms with Gasteiger partial charge in [-0.15, -0.1) is 0 Å². The number of benzene rings is 1. The Bertz CT molecular complexity index is 503. The number of nitrogens with one attached hydrogen (secondary N) is 2. The number of hydrogen-bond acceptors (Lipinski definition) is 5. The Kier molecular flexibility index (Phi) is 6.48. The van der Waals surface area contributed by atoms with Crippen LogP contribution in [0.25, 0.3) is 0 Å². The summed E-state index contributed by atoms with van der Waals surface area (Å²) >= 11 is 0. The topological polar surface area (TPSA) is 103 Å². The molecule has 0 heterocycles. The van der Waals surface area contributed by atoms with E-state index in [0.717, 1.165) is 5.56 Å². The molecule has 3 amide bonds. The van der Waals surface area contributed by atoms with Crippen LogP contribution < -0.4 is 25.8 Å². The zero-order chi connectivity index (χ0) is 15.8. The highest BCUT2D eigenvalue weighted by molar-refractivity contribution is 5.94. The summed E-state index contributed by atoms with van der Waals surface area (Å²) in [5, 5.41) is 5.20. The third-order valence-corrected chi connectivity index (χ3v) is 2.59. The predicted octanol–water partition coefficient (Wildman–Crippen LogP) is 0.767. The normalized spacial score (nSPS) is 10.3. The maximum Gasteiger partial charge on any atom is 0.318 e. The summed E-state index contributed by atoms with van der Waals surface area (Å²) < 4.78 is 10.7. The van der Waals surface area contributed by atoms with Crippen LogP contribution in [0.1, 0.15) is 19.4 Å². The number of imide groups is 1. The Morgan fingerprint density at radius 2 is 2.05 bits per heavy atom. The molecule has 7 nitrogen and oxygen atoms in total. The summed E-state index contributed by atoms with van der Waals surface area (Å²) in [6, 6.07) is 4.85. The first-order valence-electron chi connectivity index (χ1n) is 6.55. The second-order valence-electron chi connectivity index (χ2n) is 4.69. The fourth-order valence-corrected chi connectivity index (χ4v) is 1.65. The minimum Gasteiger partial charge on any atom is -0.493 e. The van der Waals surface area contributed by atoms with E-state index < -0.39 is 11.9 Å².